The molecule has 2 N–H and O–H groups in total. The number of sulfone groups is 1. The van der Waals surface area contributed by atoms with Crippen molar-refractivity contribution in [2.45, 2.75) is 19.4 Å². The normalized spacial score (nSPS) is 21.6. The summed E-state index contributed by atoms with van der Waals surface area (Å²) in [5, 5.41) is 4.09. The molecule has 0 saturated carbocycles. The van der Waals surface area contributed by atoms with E-state index >= 15 is 0 Å². The lowest BCUT2D eigenvalue weighted by Crippen LogP contribution is -2.23. The molecule has 17 heavy (non-hydrogen) atoms. The minimum absolute atomic E-state index is 0.00291. The number of rotatable bonds is 3. The predicted octanol–water partition coefficient (Wildman–Crippen LogP) is 0.0549. The number of aromatic nitrogens is 2. The molecule has 0 bridgehead atoms. The van der Waals surface area contributed by atoms with Crippen LogP contribution in [0.5, 0.6) is 0 Å². The highest BCUT2D eigenvalue weighted by Crippen LogP contribution is 2.12. The van der Waals surface area contributed by atoms with E-state index in [4.69, 9.17) is 0 Å². The number of anilines is 1. The van der Waals surface area contributed by atoms with E-state index in [0.717, 1.165) is 0 Å². The summed E-state index contributed by atoms with van der Waals surface area (Å²) < 4.78 is 22.4. The maximum Gasteiger partial charge on any atom is 0.252 e. The van der Waals surface area contributed by atoms with E-state index in [1.54, 1.807) is 6.08 Å². The van der Waals surface area contributed by atoms with Crippen molar-refractivity contribution in [3.63, 3.8) is 0 Å². The van der Waals surface area contributed by atoms with Crippen molar-refractivity contribution < 1.29 is 8.42 Å². The van der Waals surface area contributed by atoms with Crippen molar-refractivity contribution in [3.05, 3.63) is 33.7 Å². The third-order valence-electron chi connectivity index (χ3n) is 2.39. The molecule has 6 nitrogen and oxygen atoms in total. The Labute approximate surface area is 98.7 Å². The van der Waals surface area contributed by atoms with E-state index in [0.29, 0.717) is 18.1 Å². The third-order valence-corrected chi connectivity index (χ3v) is 3.78. The Bertz CT molecular complexity index is 603. The first-order chi connectivity index (χ1) is 7.98. The van der Waals surface area contributed by atoms with E-state index in [2.05, 4.69) is 15.3 Å². The zero-order valence-corrected chi connectivity index (χ0v) is 10.1. The largest absolute Gasteiger partial charge is 0.363 e. The van der Waals surface area contributed by atoms with Gasteiger partial charge in [0.1, 0.15) is 11.6 Å². The fourth-order valence-electron chi connectivity index (χ4n) is 1.61. The van der Waals surface area contributed by atoms with Crippen molar-refractivity contribution in [1.29, 1.82) is 0 Å². The van der Waals surface area contributed by atoms with Gasteiger partial charge in [0.15, 0.2) is 9.84 Å². The molecule has 92 valence electrons. The first-order valence-electron chi connectivity index (χ1n) is 5.26. The minimum Gasteiger partial charge on any atom is -0.363 e. The molecule has 7 heteroatoms. The molecule has 0 aromatic carbocycles. The molecular formula is C10H13N3O3S. The summed E-state index contributed by atoms with van der Waals surface area (Å²) in [4.78, 5) is 18.1. The first kappa shape index (κ1) is 11.8. The Morgan fingerprint density at radius 1 is 1.59 bits per heavy atom. The molecule has 0 saturated heterocycles. The van der Waals surface area contributed by atoms with Gasteiger partial charge in [-0.05, 0) is 6.08 Å². The van der Waals surface area contributed by atoms with E-state index < -0.39 is 9.84 Å². The quantitative estimate of drug-likeness (QED) is 0.796. The van der Waals surface area contributed by atoms with Crippen LogP contribution in [0.25, 0.3) is 0 Å². The lowest BCUT2D eigenvalue weighted by Gasteiger charge is -2.10. The van der Waals surface area contributed by atoms with Gasteiger partial charge in [-0.1, -0.05) is 6.92 Å². The Morgan fingerprint density at radius 2 is 2.35 bits per heavy atom. The average Bonchev–Trinajstić information content (AvgIpc) is 2.57. The van der Waals surface area contributed by atoms with Crippen LogP contribution in [0.1, 0.15) is 12.7 Å². The molecule has 1 aromatic heterocycles. The summed E-state index contributed by atoms with van der Waals surface area (Å²) in [6, 6.07) is 0.997. The fraction of sp³-hybridized carbons (Fsp3) is 0.400. The molecule has 1 atom stereocenters. The second-order valence-electron chi connectivity index (χ2n) is 3.84. The van der Waals surface area contributed by atoms with Gasteiger partial charge < -0.3 is 10.3 Å². The number of aromatic amines is 1. The maximum absolute atomic E-state index is 11.3. The molecule has 2 rings (SSSR count). The van der Waals surface area contributed by atoms with Crippen molar-refractivity contribution in [1.82, 2.24) is 9.97 Å². The number of hydrogen-bond acceptors (Lipinski definition) is 5. The van der Waals surface area contributed by atoms with Gasteiger partial charge in [0, 0.05) is 17.9 Å². The van der Waals surface area contributed by atoms with Gasteiger partial charge in [0.2, 0.25) is 0 Å². The van der Waals surface area contributed by atoms with E-state index in [1.807, 2.05) is 6.92 Å². The third kappa shape index (κ3) is 2.94. The standard InChI is InChI=1S/C10H13N3O3S/c1-2-8-12-9(5-10(14)13-8)11-7-3-4-17(15,16)6-7/h3-5,7H,2,6H2,1H3,(H2,11,12,13,14). The van der Waals surface area contributed by atoms with Crippen LogP contribution in [0.15, 0.2) is 22.3 Å². The average molecular weight is 255 g/mol. The molecule has 0 radical (unpaired) electrons. The molecule has 1 aliphatic heterocycles. The van der Waals surface area contributed by atoms with Crippen LogP contribution in [-0.2, 0) is 16.3 Å². The highest BCUT2D eigenvalue weighted by Gasteiger charge is 2.21. The predicted molar refractivity (Wildman–Crippen MR) is 64.6 cm³/mol. The van der Waals surface area contributed by atoms with E-state index in [1.165, 1.54) is 11.5 Å². The summed E-state index contributed by atoms with van der Waals surface area (Å²) >= 11 is 0. The molecule has 1 aromatic rings. The second kappa shape index (κ2) is 4.33. The number of hydrogen-bond donors (Lipinski definition) is 2. The molecule has 0 amide bonds. The summed E-state index contributed by atoms with van der Waals surface area (Å²) in [5.41, 5.74) is -0.246. The SMILES string of the molecule is CCc1nc(NC2C=CS(=O)(=O)C2)cc(=O)[nH]1. The number of aryl methyl sites for hydroxylation is 1. The molecule has 0 aliphatic carbocycles. The van der Waals surface area contributed by atoms with Crippen LogP contribution < -0.4 is 10.9 Å². The Kier molecular flexibility index (Phi) is 3.01. The van der Waals surface area contributed by atoms with Crippen LogP contribution >= 0.6 is 0 Å². The molecule has 1 unspecified atom stereocenters. The monoisotopic (exact) mass is 255 g/mol. The van der Waals surface area contributed by atoms with Gasteiger partial charge in [0.25, 0.3) is 5.56 Å². The Hall–Kier alpha value is -1.63. The van der Waals surface area contributed by atoms with Crippen LogP contribution in [0.4, 0.5) is 5.82 Å². The molecule has 0 fully saturated rings. The van der Waals surface area contributed by atoms with Crippen LogP contribution in [-0.4, -0.2) is 30.2 Å². The van der Waals surface area contributed by atoms with Crippen LogP contribution in [0, 0.1) is 0 Å². The minimum atomic E-state index is -3.10. The highest BCUT2D eigenvalue weighted by atomic mass is 32.2. The van der Waals surface area contributed by atoms with Gasteiger partial charge in [0.05, 0.1) is 11.8 Å². The molecule has 0 spiro atoms. The lowest BCUT2D eigenvalue weighted by atomic mass is 10.3. The zero-order chi connectivity index (χ0) is 12.5. The van der Waals surface area contributed by atoms with Gasteiger partial charge in [-0.25, -0.2) is 13.4 Å². The number of H-pyrrole nitrogens is 1. The summed E-state index contributed by atoms with van der Waals surface area (Å²) in [7, 11) is -3.10. The number of nitrogens with zero attached hydrogens (tertiary/aromatic N) is 1. The van der Waals surface area contributed by atoms with Crippen molar-refractivity contribution in [3.8, 4) is 0 Å². The van der Waals surface area contributed by atoms with E-state index in [9.17, 15) is 13.2 Å². The van der Waals surface area contributed by atoms with Crippen molar-refractivity contribution in [2.75, 3.05) is 11.1 Å². The van der Waals surface area contributed by atoms with Crippen LogP contribution in [0.3, 0.4) is 0 Å². The second-order valence-corrected chi connectivity index (χ2v) is 5.77. The Balaban J connectivity index is 2.18. The summed E-state index contributed by atoms with van der Waals surface area (Å²) in [6.07, 6.45) is 2.17. The molecular weight excluding hydrogens is 242 g/mol. The van der Waals surface area contributed by atoms with Gasteiger partial charge >= 0.3 is 0 Å². The van der Waals surface area contributed by atoms with Crippen molar-refractivity contribution >= 4 is 15.7 Å². The summed E-state index contributed by atoms with van der Waals surface area (Å²) in [6.45, 7) is 1.88. The topological polar surface area (TPSA) is 91.9 Å². The lowest BCUT2D eigenvalue weighted by molar-refractivity contribution is 0.605. The Morgan fingerprint density at radius 3 is 2.94 bits per heavy atom. The maximum atomic E-state index is 11.3. The fourth-order valence-corrected chi connectivity index (χ4v) is 2.84. The van der Waals surface area contributed by atoms with Gasteiger partial charge in [-0.2, -0.15) is 0 Å². The van der Waals surface area contributed by atoms with Gasteiger partial charge in [-0.15, -0.1) is 0 Å². The number of nitrogens with one attached hydrogen (secondary N) is 2. The van der Waals surface area contributed by atoms with Crippen molar-refractivity contribution in [2.24, 2.45) is 0 Å². The first-order valence-corrected chi connectivity index (χ1v) is 6.98. The van der Waals surface area contributed by atoms with Crippen LogP contribution in [0.2, 0.25) is 0 Å². The summed E-state index contributed by atoms with van der Waals surface area (Å²) in [5.74, 6) is 0.977. The zero-order valence-electron chi connectivity index (χ0n) is 9.30. The van der Waals surface area contributed by atoms with E-state index in [-0.39, 0.29) is 17.4 Å². The smallest absolute Gasteiger partial charge is 0.252 e. The molecule has 1 aliphatic rings. The highest BCUT2D eigenvalue weighted by molar-refractivity contribution is 7.94. The molecule has 2 heterocycles. The van der Waals surface area contributed by atoms with Gasteiger partial charge in [-0.3, -0.25) is 4.79 Å².